The number of fused-ring (bicyclic) bond motifs is 1. The third-order valence-electron chi connectivity index (χ3n) is 3.91. The van der Waals surface area contributed by atoms with E-state index in [0.717, 1.165) is 22.5 Å². The molecule has 4 rings (SSSR count). The molecule has 0 saturated heterocycles. The Hall–Kier alpha value is -3.34. The number of furan rings is 1. The van der Waals surface area contributed by atoms with Crippen molar-refractivity contribution in [3.05, 3.63) is 78.5 Å². The lowest BCUT2D eigenvalue weighted by atomic mass is 10.1. The highest BCUT2D eigenvalue weighted by Gasteiger charge is 2.13. The Kier molecular flexibility index (Phi) is 3.39. The number of pyridine rings is 1. The number of para-hydroxylation sites is 1. The van der Waals surface area contributed by atoms with Gasteiger partial charge in [0.2, 0.25) is 0 Å². The van der Waals surface area contributed by atoms with E-state index in [2.05, 4.69) is 5.32 Å². The molecule has 118 valence electrons. The zero-order valence-corrected chi connectivity index (χ0v) is 13.1. The summed E-state index contributed by atoms with van der Waals surface area (Å²) in [5.74, 6) is -0.212. The molecule has 0 aliphatic rings. The first kappa shape index (κ1) is 14.3. The predicted molar refractivity (Wildman–Crippen MR) is 92.0 cm³/mol. The van der Waals surface area contributed by atoms with Crippen LogP contribution >= 0.6 is 0 Å². The van der Waals surface area contributed by atoms with Gasteiger partial charge in [-0.05, 0) is 30.7 Å². The number of carbonyl (C=O) groups is 1. The molecule has 1 aromatic carbocycles. The highest BCUT2D eigenvalue weighted by atomic mass is 16.3. The summed E-state index contributed by atoms with van der Waals surface area (Å²) in [7, 11) is 0. The number of nitrogens with one attached hydrogen (secondary N) is 1. The Labute approximate surface area is 138 Å². The number of imidazole rings is 1. The molecular weight excluding hydrogens is 302 g/mol. The van der Waals surface area contributed by atoms with Crippen LogP contribution in [0.1, 0.15) is 15.9 Å². The molecular formula is C19H15N3O2. The van der Waals surface area contributed by atoms with Crippen molar-refractivity contribution in [2.75, 3.05) is 5.32 Å². The van der Waals surface area contributed by atoms with Crippen LogP contribution in [0.5, 0.6) is 0 Å². The lowest BCUT2D eigenvalue weighted by Crippen LogP contribution is -2.11. The molecule has 0 unspecified atom stereocenters. The van der Waals surface area contributed by atoms with Gasteiger partial charge in [-0.15, -0.1) is 0 Å². The van der Waals surface area contributed by atoms with Crippen molar-refractivity contribution < 1.29 is 9.21 Å². The van der Waals surface area contributed by atoms with Crippen LogP contribution in [0.3, 0.4) is 0 Å². The molecule has 0 bridgehead atoms. The van der Waals surface area contributed by atoms with Gasteiger partial charge >= 0.3 is 0 Å². The minimum atomic E-state index is -0.212. The van der Waals surface area contributed by atoms with Gasteiger partial charge in [0, 0.05) is 18.0 Å². The van der Waals surface area contributed by atoms with E-state index in [9.17, 15) is 4.79 Å². The molecule has 0 spiro atoms. The Bertz CT molecular complexity index is 1020. The van der Waals surface area contributed by atoms with Crippen molar-refractivity contribution >= 4 is 17.2 Å². The van der Waals surface area contributed by atoms with Gasteiger partial charge in [-0.1, -0.05) is 24.3 Å². The second-order valence-corrected chi connectivity index (χ2v) is 5.56. The lowest BCUT2D eigenvalue weighted by molar-refractivity contribution is 0.102. The molecule has 0 aliphatic heterocycles. The van der Waals surface area contributed by atoms with E-state index >= 15 is 0 Å². The summed E-state index contributed by atoms with van der Waals surface area (Å²) in [6.07, 6.45) is 6.83. The van der Waals surface area contributed by atoms with E-state index in [-0.39, 0.29) is 5.91 Å². The quantitative estimate of drug-likeness (QED) is 0.617. The van der Waals surface area contributed by atoms with Gasteiger partial charge < -0.3 is 14.1 Å². The van der Waals surface area contributed by atoms with Crippen molar-refractivity contribution in [2.45, 2.75) is 6.92 Å². The third-order valence-corrected chi connectivity index (χ3v) is 3.91. The Morgan fingerprint density at radius 2 is 2.04 bits per heavy atom. The summed E-state index contributed by atoms with van der Waals surface area (Å²) in [5, 5.41) is 2.92. The Morgan fingerprint density at radius 1 is 1.17 bits per heavy atom. The predicted octanol–water partition coefficient (Wildman–Crippen LogP) is 4.16. The van der Waals surface area contributed by atoms with E-state index in [1.54, 1.807) is 6.07 Å². The maximum Gasteiger partial charge on any atom is 0.258 e. The molecule has 5 heteroatoms. The largest absolute Gasteiger partial charge is 0.472 e. The second-order valence-electron chi connectivity index (χ2n) is 5.56. The van der Waals surface area contributed by atoms with Crippen LogP contribution < -0.4 is 5.32 Å². The monoisotopic (exact) mass is 317 g/mol. The normalized spacial score (nSPS) is 10.9. The Balaban J connectivity index is 1.75. The molecule has 3 heterocycles. The number of rotatable bonds is 3. The highest BCUT2D eigenvalue weighted by Crippen LogP contribution is 2.28. The fourth-order valence-corrected chi connectivity index (χ4v) is 2.69. The number of benzene rings is 1. The smallest absolute Gasteiger partial charge is 0.258 e. The molecule has 0 saturated carbocycles. The third kappa shape index (κ3) is 2.46. The zero-order chi connectivity index (χ0) is 16.5. The fourth-order valence-electron chi connectivity index (χ4n) is 2.69. The SMILES string of the molecule is Cc1cccn2cc(-c3ccccc3NC(=O)c3ccoc3)nc12. The molecule has 1 N–H and O–H groups in total. The standard InChI is InChI=1S/C19H15N3O2/c1-13-5-4-9-22-11-17(20-18(13)22)15-6-2-3-7-16(15)21-19(23)14-8-10-24-12-14/h2-12H,1H3,(H,21,23). The number of hydrogen-bond donors (Lipinski definition) is 1. The van der Waals surface area contributed by atoms with E-state index in [1.165, 1.54) is 12.5 Å². The van der Waals surface area contributed by atoms with Gasteiger partial charge in [-0.3, -0.25) is 4.79 Å². The van der Waals surface area contributed by atoms with Gasteiger partial charge in [0.05, 0.1) is 23.2 Å². The number of aryl methyl sites for hydroxylation is 1. The number of anilines is 1. The topological polar surface area (TPSA) is 59.5 Å². The van der Waals surface area contributed by atoms with E-state index < -0.39 is 0 Å². The maximum absolute atomic E-state index is 12.3. The minimum absolute atomic E-state index is 0.212. The number of aromatic nitrogens is 2. The van der Waals surface area contributed by atoms with Crippen molar-refractivity contribution in [2.24, 2.45) is 0 Å². The fraction of sp³-hybridized carbons (Fsp3) is 0.0526. The summed E-state index contributed by atoms with van der Waals surface area (Å²) in [6, 6.07) is 13.3. The number of amides is 1. The number of carbonyl (C=O) groups excluding carboxylic acids is 1. The Morgan fingerprint density at radius 3 is 2.83 bits per heavy atom. The second kappa shape index (κ2) is 5.70. The molecule has 1 amide bonds. The van der Waals surface area contributed by atoms with Crippen molar-refractivity contribution in [3.63, 3.8) is 0 Å². The maximum atomic E-state index is 12.3. The molecule has 3 aromatic heterocycles. The van der Waals surface area contributed by atoms with Crippen LogP contribution in [0.15, 0.2) is 71.8 Å². The van der Waals surface area contributed by atoms with Gasteiger partial charge in [-0.2, -0.15) is 0 Å². The summed E-state index contributed by atoms with van der Waals surface area (Å²) in [5.41, 5.74) is 4.89. The van der Waals surface area contributed by atoms with Crippen LogP contribution in [0.25, 0.3) is 16.9 Å². The first-order valence-corrected chi connectivity index (χ1v) is 7.59. The summed E-state index contributed by atoms with van der Waals surface area (Å²) in [6.45, 7) is 2.03. The number of nitrogens with zero attached hydrogens (tertiary/aromatic N) is 2. The first-order chi connectivity index (χ1) is 11.7. The molecule has 0 atom stereocenters. The summed E-state index contributed by atoms with van der Waals surface area (Å²) >= 11 is 0. The molecule has 4 aromatic rings. The molecule has 0 fully saturated rings. The molecule has 0 aliphatic carbocycles. The zero-order valence-electron chi connectivity index (χ0n) is 13.1. The van der Waals surface area contributed by atoms with Crippen molar-refractivity contribution in [1.29, 1.82) is 0 Å². The summed E-state index contributed by atoms with van der Waals surface area (Å²) in [4.78, 5) is 17.0. The van der Waals surface area contributed by atoms with Crippen LogP contribution in [0, 0.1) is 6.92 Å². The van der Waals surface area contributed by atoms with Gasteiger partial charge in [0.15, 0.2) is 0 Å². The van der Waals surface area contributed by atoms with E-state index in [4.69, 9.17) is 9.40 Å². The van der Waals surface area contributed by atoms with Crippen molar-refractivity contribution in [3.8, 4) is 11.3 Å². The van der Waals surface area contributed by atoms with Gasteiger partial charge in [0.1, 0.15) is 11.9 Å². The first-order valence-electron chi connectivity index (χ1n) is 7.59. The van der Waals surface area contributed by atoms with Gasteiger partial charge in [-0.25, -0.2) is 4.98 Å². The summed E-state index contributed by atoms with van der Waals surface area (Å²) < 4.78 is 6.95. The van der Waals surface area contributed by atoms with Crippen LogP contribution in [0.4, 0.5) is 5.69 Å². The van der Waals surface area contributed by atoms with Crippen LogP contribution in [0.2, 0.25) is 0 Å². The van der Waals surface area contributed by atoms with Crippen molar-refractivity contribution in [1.82, 2.24) is 9.38 Å². The van der Waals surface area contributed by atoms with E-state index in [1.807, 2.05) is 60.1 Å². The average molecular weight is 317 g/mol. The van der Waals surface area contributed by atoms with Crippen LogP contribution in [-0.2, 0) is 0 Å². The molecule has 24 heavy (non-hydrogen) atoms. The highest BCUT2D eigenvalue weighted by molar-refractivity contribution is 6.05. The number of hydrogen-bond acceptors (Lipinski definition) is 3. The van der Waals surface area contributed by atoms with Crippen LogP contribution in [-0.4, -0.2) is 15.3 Å². The molecule has 5 nitrogen and oxygen atoms in total. The molecule has 0 radical (unpaired) electrons. The average Bonchev–Trinajstić information content (AvgIpc) is 3.26. The minimum Gasteiger partial charge on any atom is -0.472 e. The van der Waals surface area contributed by atoms with E-state index in [0.29, 0.717) is 11.3 Å². The van der Waals surface area contributed by atoms with Gasteiger partial charge in [0.25, 0.3) is 5.91 Å². The lowest BCUT2D eigenvalue weighted by Gasteiger charge is -2.08.